The number of nitrogens with one attached hydrogen (secondary N) is 1. The Morgan fingerprint density at radius 2 is 1.96 bits per heavy atom. The quantitative estimate of drug-likeness (QED) is 0.721. The van der Waals surface area contributed by atoms with Crippen molar-refractivity contribution in [2.45, 2.75) is 11.0 Å². The minimum absolute atomic E-state index is 0.233. The number of amides is 1. The third kappa shape index (κ3) is 3.49. The number of anilines is 1. The second-order valence-electron chi connectivity index (χ2n) is 5.25. The molecule has 25 heavy (non-hydrogen) atoms. The number of hydrogen-bond acceptors (Lipinski definition) is 6. The summed E-state index contributed by atoms with van der Waals surface area (Å²) in [6.45, 7) is 0. The molecule has 1 aromatic heterocycles. The van der Waals surface area contributed by atoms with Gasteiger partial charge in [0.15, 0.2) is 11.1 Å². The number of benzene rings is 2. The first kappa shape index (κ1) is 16.4. The van der Waals surface area contributed by atoms with Crippen LogP contribution in [0.4, 0.5) is 5.13 Å². The molecular weight excluding hydrogens is 378 g/mol. The van der Waals surface area contributed by atoms with Gasteiger partial charge in [-0.05, 0) is 18.2 Å². The van der Waals surface area contributed by atoms with Gasteiger partial charge >= 0.3 is 0 Å². The third-order valence-corrected chi connectivity index (χ3v) is 5.88. The number of nitrogens with zero attached hydrogens (tertiary/aromatic N) is 2. The summed E-state index contributed by atoms with van der Waals surface area (Å²) in [6.07, 6.45) is -0.562. The summed E-state index contributed by atoms with van der Waals surface area (Å²) < 4.78 is 5.78. The largest absolute Gasteiger partial charge is 0.479 e. The first-order valence-corrected chi connectivity index (χ1v) is 9.66. The van der Waals surface area contributed by atoms with Crippen LogP contribution in [0, 0.1) is 0 Å². The van der Waals surface area contributed by atoms with Gasteiger partial charge in [0.1, 0.15) is 5.75 Å². The Bertz CT molecular complexity index is 932. The first-order chi connectivity index (χ1) is 12.2. The predicted octanol–water partition coefficient (Wildman–Crippen LogP) is 4.35. The van der Waals surface area contributed by atoms with Crippen LogP contribution in [-0.4, -0.2) is 28.0 Å². The number of aromatic nitrogens is 2. The lowest BCUT2D eigenvalue weighted by molar-refractivity contribution is -0.122. The maximum atomic E-state index is 12.5. The number of carbonyl (C=O) groups excluding carboxylic acids is 1. The number of hydrogen-bond donors (Lipinski definition) is 1. The second kappa shape index (κ2) is 7.03. The van der Waals surface area contributed by atoms with Gasteiger partial charge in [0, 0.05) is 16.2 Å². The van der Waals surface area contributed by atoms with Crippen LogP contribution in [0.1, 0.15) is 0 Å². The molecule has 2 aromatic carbocycles. The molecule has 3 aromatic rings. The number of ether oxygens (including phenoxy) is 1. The van der Waals surface area contributed by atoms with Crippen molar-refractivity contribution >= 4 is 45.7 Å². The molecule has 1 unspecified atom stereocenters. The van der Waals surface area contributed by atoms with Gasteiger partial charge in [-0.1, -0.05) is 53.3 Å². The van der Waals surface area contributed by atoms with Crippen LogP contribution in [0.2, 0.25) is 5.02 Å². The minimum atomic E-state index is -0.562. The summed E-state index contributed by atoms with van der Waals surface area (Å²) in [5.74, 6) is 1.05. The summed E-state index contributed by atoms with van der Waals surface area (Å²) >= 11 is 9.05. The van der Waals surface area contributed by atoms with E-state index in [1.807, 2.05) is 42.5 Å². The Kier molecular flexibility index (Phi) is 4.61. The van der Waals surface area contributed by atoms with E-state index in [0.29, 0.717) is 20.9 Å². The molecule has 0 saturated heterocycles. The average molecular weight is 390 g/mol. The van der Waals surface area contributed by atoms with Crippen LogP contribution in [0.5, 0.6) is 5.75 Å². The molecule has 126 valence electrons. The second-order valence-corrected chi connectivity index (χ2v) is 7.69. The summed E-state index contributed by atoms with van der Waals surface area (Å²) in [5, 5.41) is 12.6. The lowest BCUT2D eigenvalue weighted by Crippen LogP contribution is -2.36. The molecule has 1 aliphatic heterocycles. The normalized spacial score (nSPS) is 16.0. The lowest BCUT2D eigenvalue weighted by atomic mass is 10.2. The van der Waals surface area contributed by atoms with Gasteiger partial charge in [0.25, 0.3) is 5.91 Å². The van der Waals surface area contributed by atoms with E-state index in [4.69, 9.17) is 16.3 Å². The maximum absolute atomic E-state index is 12.5. The predicted molar refractivity (Wildman–Crippen MR) is 101 cm³/mol. The van der Waals surface area contributed by atoms with Crippen LogP contribution < -0.4 is 10.1 Å². The fraction of sp³-hybridized carbons (Fsp3) is 0.118. The Labute approximate surface area is 157 Å². The van der Waals surface area contributed by atoms with Crippen LogP contribution in [0.25, 0.3) is 10.6 Å². The summed E-state index contributed by atoms with van der Waals surface area (Å²) in [6, 6.07) is 15.1. The Morgan fingerprint density at radius 1 is 1.16 bits per heavy atom. The molecule has 1 atom stereocenters. The molecule has 1 aliphatic rings. The van der Waals surface area contributed by atoms with Crippen LogP contribution in [0.15, 0.2) is 53.4 Å². The van der Waals surface area contributed by atoms with Gasteiger partial charge in [0.2, 0.25) is 5.13 Å². The van der Waals surface area contributed by atoms with Gasteiger partial charge in [-0.2, -0.15) is 0 Å². The number of thioether (sulfide) groups is 1. The smallest absolute Gasteiger partial charge is 0.268 e. The van der Waals surface area contributed by atoms with Gasteiger partial charge in [-0.15, -0.1) is 22.0 Å². The Hall–Kier alpha value is -2.09. The number of rotatable bonds is 3. The van der Waals surface area contributed by atoms with Gasteiger partial charge < -0.3 is 4.74 Å². The standard InChI is InChI=1S/C17H12ClN3O2S2/c18-11-6-2-1-5-10(11)16-20-21-17(25-16)19-15(22)13-9-24-14-8-4-3-7-12(14)23-13/h1-8,13H,9H2,(H,19,21,22). The molecule has 2 heterocycles. The van der Waals surface area contributed by atoms with E-state index < -0.39 is 6.10 Å². The van der Waals surface area contributed by atoms with E-state index in [1.54, 1.807) is 17.8 Å². The fourth-order valence-corrected chi connectivity index (χ4v) is 4.40. The van der Waals surface area contributed by atoms with Crippen molar-refractivity contribution in [2.75, 3.05) is 11.1 Å². The molecule has 1 N–H and O–H groups in total. The zero-order valence-electron chi connectivity index (χ0n) is 12.8. The summed E-state index contributed by atoms with van der Waals surface area (Å²) in [4.78, 5) is 13.5. The molecule has 5 nitrogen and oxygen atoms in total. The monoisotopic (exact) mass is 389 g/mol. The molecule has 0 fully saturated rings. The van der Waals surface area contributed by atoms with E-state index in [9.17, 15) is 4.79 Å². The number of halogens is 1. The zero-order valence-corrected chi connectivity index (χ0v) is 15.2. The highest BCUT2D eigenvalue weighted by Crippen LogP contribution is 2.36. The van der Waals surface area contributed by atoms with Gasteiger partial charge in [0.05, 0.1) is 5.02 Å². The van der Waals surface area contributed by atoms with Crippen molar-refractivity contribution in [1.29, 1.82) is 0 Å². The fourth-order valence-electron chi connectivity index (χ4n) is 2.35. The van der Waals surface area contributed by atoms with Crippen molar-refractivity contribution in [3.05, 3.63) is 53.6 Å². The lowest BCUT2D eigenvalue weighted by Gasteiger charge is -2.24. The molecule has 0 aliphatic carbocycles. The molecule has 4 rings (SSSR count). The minimum Gasteiger partial charge on any atom is -0.479 e. The van der Waals surface area contributed by atoms with E-state index in [1.165, 1.54) is 11.3 Å². The molecule has 1 amide bonds. The number of carbonyl (C=O) groups is 1. The van der Waals surface area contributed by atoms with E-state index in [0.717, 1.165) is 16.2 Å². The number of fused-ring (bicyclic) bond motifs is 1. The van der Waals surface area contributed by atoms with Crippen LogP contribution in [-0.2, 0) is 4.79 Å². The Morgan fingerprint density at radius 3 is 2.84 bits per heavy atom. The highest BCUT2D eigenvalue weighted by molar-refractivity contribution is 7.99. The zero-order chi connectivity index (χ0) is 17.2. The SMILES string of the molecule is O=C(Nc1nnc(-c2ccccc2Cl)s1)C1CSc2ccccc2O1. The van der Waals surface area contributed by atoms with E-state index >= 15 is 0 Å². The molecule has 0 spiro atoms. The molecule has 0 saturated carbocycles. The highest BCUT2D eigenvalue weighted by Gasteiger charge is 2.27. The summed E-state index contributed by atoms with van der Waals surface area (Å²) in [5.41, 5.74) is 0.792. The van der Waals surface area contributed by atoms with E-state index in [-0.39, 0.29) is 5.91 Å². The third-order valence-electron chi connectivity index (χ3n) is 3.56. The highest BCUT2D eigenvalue weighted by atomic mass is 35.5. The van der Waals surface area contributed by atoms with Crippen LogP contribution >= 0.6 is 34.7 Å². The van der Waals surface area contributed by atoms with Crippen molar-refractivity contribution < 1.29 is 9.53 Å². The molecular formula is C17H12ClN3O2S2. The van der Waals surface area contributed by atoms with Crippen LogP contribution in [0.3, 0.4) is 0 Å². The van der Waals surface area contributed by atoms with Gasteiger partial charge in [-0.3, -0.25) is 10.1 Å². The molecule has 0 bridgehead atoms. The first-order valence-electron chi connectivity index (χ1n) is 7.48. The summed E-state index contributed by atoms with van der Waals surface area (Å²) in [7, 11) is 0. The average Bonchev–Trinajstić information content (AvgIpc) is 3.10. The maximum Gasteiger partial charge on any atom is 0.268 e. The van der Waals surface area contributed by atoms with Gasteiger partial charge in [-0.25, -0.2) is 0 Å². The van der Waals surface area contributed by atoms with E-state index in [2.05, 4.69) is 15.5 Å². The van der Waals surface area contributed by atoms with Crippen molar-refractivity contribution in [2.24, 2.45) is 0 Å². The molecule has 8 heteroatoms. The van der Waals surface area contributed by atoms with Crippen molar-refractivity contribution in [3.63, 3.8) is 0 Å². The molecule has 0 radical (unpaired) electrons. The topological polar surface area (TPSA) is 64.1 Å². The number of para-hydroxylation sites is 1. The Balaban J connectivity index is 1.47. The van der Waals surface area contributed by atoms with Crippen molar-refractivity contribution in [3.8, 4) is 16.3 Å². The van der Waals surface area contributed by atoms with Crippen molar-refractivity contribution in [1.82, 2.24) is 10.2 Å².